The standard InChI is InChI=1S/C18H12ClN5O/c1-11-22-17-8-12(19)6-7-14(17)18(25)24(11)21-10-13-9-20-15-4-2-3-5-16(15)23-13/h2-10H,1H3/b21-10-. The van der Waals surface area contributed by atoms with Crippen LogP contribution in [0.1, 0.15) is 11.5 Å². The van der Waals surface area contributed by atoms with Crippen LogP contribution in [0.5, 0.6) is 0 Å². The monoisotopic (exact) mass is 349 g/mol. The lowest BCUT2D eigenvalue weighted by atomic mass is 10.2. The van der Waals surface area contributed by atoms with Gasteiger partial charge in [0.05, 0.1) is 34.3 Å². The van der Waals surface area contributed by atoms with E-state index in [1.807, 2.05) is 24.3 Å². The molecule has 2 heterocycles. The van der Waals surface area contributed by atoms with Crippen molar-refractivity contribution in [3.63, 3.8) is 0 Å². The zero-order valence-corrected chi connectivity index (χ0v) is 14.0. The van der Waals surface area contributed by atoms with Crippen LogP contribution in [0.4, 0.5) is 0 Å². The predicted molar refractivity (Wildman–Crippen MR) is 98.3 cm³/mol. The van der Waals surface area contributed by atoms with Crippen molar-refractivity contribution in [1.82, 2.24) is 19.6 Å². The molecule has 25 heavy (non-hydrogen) atoms. The second-order valence-electron chi connectivity index (χ2n) is 5.47. The highest BCUT2D eigenvalue weighted by atomic mass is 35.5. The molecule has 0 radical (unpaired) electrons. The van der Waals surface area contributed by atoms with Gasteiger partial charge in [0.1, 0.15) is 11.5 Å². The van der Waals surface area contributed by atoms with Crippen LogP contribution in [-0.4, -0.2) is 25.8 Å². The minimum atomic E-state index is -0.260. The number of benzene rings is 2. The zero-order valence-electron chi connectivity index (χ0n) is 13.2. The Morgan fingerprint density at radius 1 is 1.08 bits per heavy atom. The maximum Gasteiger partial charge on any atom is 0.282 e. The molecule has 0 atom stereocenters. The van der Waals surface area contributed by atoms with Gasteiger partial charge in [0.25, 0.3) is 5.56 Å². The molecule has 0 N–H and O–H groups in total. The third kappa shape index (κ3) is 2.88. The number of para-hydroxylation sites is 2. The van der Waals surface area contributed by atoms with E-state index in [2.05, 4.69) is 20.1 Å². The lowest BCUT2D eigenvalue weighted by Crippen LogP contribution is -2.20. The van der Waals surface area contributed by atoms with E-state index in [1.165, 1.54) is 10.9 Å². The molecule has 0 aliphatic heterocycles. The van der Waals surface area contributed by atoms with Crippen molar-refractivity contribution >= 4 is 39.8 Å². The number of rotatable bonds is 2. The highest BCUT2D eigenvalue weighted by Crippen LogP contribution is 2.15. The van der Waals surface area contributed by atoms with Gasteiger partial charge in [0.15, 0.2) is 0 Å². The van der Waals surface area contributed by atoms with E-state index in [9.17, 15) is 4.79 Å². The fourth-order valence-corrected chi connectivity index (χ4v) is 2.71. The Morgan fingerprint density at radius 3 is 2.72 bits per heavy atom. The van der Waals surface area contributed by atoms with E-state index in [0.717, 1.165) is 11.0 Å². The van der Waals surface area contributed by atoms with Crippen LogP contribution in [0.25, 0.3) is 21.9 Å². The predicted octanol–water partition coefficient (Wildman–Crippen LogP) is 3.18. The minimum absolute atomic E-state index is 0.260. The second kappa shape index (κ2) is 6.07. The van der Waals surface area contributed by atoms with Gasteiger partial charge in [-0.15, -0.1) is 0 Å². The van der Waals surface area contributed by atoms with Gasteiger partial charge in [0.2, 0.25) is 0 Å². The molecule has 0 amide bonds. The minimum Gasteiger partial charge on any atom is -0.267 e. The number of halogens is 1. The highest BCUT2D eigenvalue weighted by molar-refractivity contribution is 6.31. The van der Waals surface area contributed by atoms with Crippen LogP contribution in [0.15, 0.2) is 58.6 Å². The van der Waals surface area contributed by atoms with Crippen LogP contribution in [-0.2, 0) is 0 Å². The number of hydrogen-bond acceptors (Lipinski definition) is 5. The summed E-state index contributed by atoms with van der Waals surface area (Å²) in [5.41, 5.74) is 2.41. The summed E-state index contributed by atoms with van der Waals surface area (Å²) in [7, 11) is 0. The molecule has 0 saturated heterocycles. The number of fused-ring (bicyclic) bond motifs is 2. The molecule has 0 aliphatic carbocycles. The first-order chi connectivity index (χ1) is 12.1. The summed E-state index contributed by atoms with van der Waals surface area (Å²) in [5, 5.41) is 5.23. The van der Waals surface area contributed by atoms with Gasteiger partial charge < -0.3 is 0 Å². The van der Waals surface area contributed by atoms with Crippen molar-refractivity contribution in [2.45, 2.75) is 6.92 Å². The molecule has 0 bridgehead atoms. The summed E-state index contributed by atoms with van der Waals surface area (Å²) in [5.74, 6) is 0.463. The maximum absolute atomic E-state index is 12.6. The number of hydrogen-bond donors (Lipinski definition) is 0. The van der Waals surface area contributed by atoms with Crippen LogP contribution in [0.3, 0.4) is 0 Å². The third-order valence-electron chi connectivity index (χ3n) is 3.74. The van der Waals surface area contributed by atoms with Crippen molar-refractivity contribution in [3.8, 4) is 0 Å². The lowest BCUT2D eigenvalue weighted by Gasteiger charge is -2.05. The first-order valence-corrected chi connectivity index (χ1v) is 7.95. The van der Waals surface area contributed by atoms with Crippen molar-refractivity contribution in [2.24, 2.45) is 5.10 Å². The third-order valence-corrected chi connectivity index (χ3v) is 3.98. The largest absolute Gasteiger partial charge is 0.282 e. The fourth-order valence-electron chi connectivity index (χ4n) is 2.55. The zero-order chi connectivity index (χ0) is 17.4. The number of aromatic nitrogens is 4. The van der Waals surface area contributed by atoms with Crippen LogP contribution < -0.4 is 5.56 Å². The van der Waals surface area contributed by atoms with Crippen molar-refractivity contribution < 1.29 is 0 Å². The van der Waals surface area contributed by atoms with Crippen molar-refractivity contribution in [1.29, 1.82) is 0 Å². The first kappa shape index (κ1) is 15.4. The maximum atomic E-state index is 12.6. The summed E-state index contributed by atoms with van der Waals surface area (Å²) >= 11 is 5.96. The summed E-state index contributed by atoms with van der Waals surface area (Å²) < 4.78 is 1.24. The van der Waals surface area contributed by atoms with Gasteiger partial charge in [-0.3, -0.25) is 9.78 Å². The van der Waals surface area contributed by atoms with Crippen LogP contribution in [0.2, 0.25) is 5.02 Å². The molecule has 2 aromatic heterocycles. The lowest BCUT2D eigenvalue weighted by molar-refractivity contribution is 0.770. The first-order valence-electron chi connectivity index (χ1n) is 7.57. The molecule has 7 heteroatoms. The van der Waals surface area contributed by atoms with Crippen molar-refractivity contribution in [3.05, 3.63) is 75.6 Å². The Balaban J connectivity index is 1.80. The van der Waals surface area contributed by atoms with E-state index in [1.54, 1.807) is 31.3 Å². The average Bonchev–Trinajstić information content (AvgIpc) is 2.61. The second-order valence-corrected chi connectivity index (χ2v) is 5.90. The van der Waals surface area contributed by atoms with Crippen LogP contribution in [0, 0.1) is 6.92 Å². The summed E-state index contributed by atoms with van der Waals surface area (Å²) in [4.78, 5) is 25.8. The molecular weight excluding hydrogens is 338 g/mol. The summed E-state index contributed by atoms with van der Waals surface area (Å²) in [6.45, 7) is 1.71. The quantitative estimate of drug-likeness (QED) is 0.521. The Labute approximate surface area is 147 Å². The van der Waals surface area contributed by atoms with E-state index in [-0.39, 0.29) is 5.56 Å². The molecule has 122 valence electrons. The van der Waals surface area contributed by atoms with E-state index in [0.29, 0.717) is 27.4 Å². The van der Waals surface area contributed by atoms with E-state index in [4.69, 9.17) is 11.6 Å². The average molecular weight is 350 g/mol. The van der Waals surface area contributed by atoms with E-state index < -0.39 is 0 Å². The van der Waals surface area contributed by atoms with Gasteiger partial charge in [-0.25, -0.2) is 9.97 Å². The summed E-state index contributed by atoms with van der Waals surface area (Å²) in [6, 6.07) is 12.5. The van der Waals surface area contributed by atoms with Gasteiger partial charge in [0, 0.05) is 5.02 Å². The van der Waals surface area contributed by atoms with Crippen molar-refractivity contribution in [2.75, 3.05) is 0 Å². The Hall–Kier alpha value is -3.12. The number of aryl methyl sites for hydroxylation is 1. The topological polar surface area (TPSA) is 73.0 Å². The highest BCUT2D eigenvalue weighted by Gasteiger charge is 2.07. The molecule has 6 nitrogen and oxygen atoms in total. The molecular formula is C18H12ClN5O. The van der Waals surface area contributed by atoms with E-state index >= 15 is 0 Å². The Bertz CT molecular complexity index is 1200. The normalized spacial score (nSPS) is 11.6. The molecule has 0 spiro atoms. The Kier molecular flexibility index (Phi) is 3.74. The number of nitrogens with zero attached hydrogens (tertiary/aromatic N) is 5. The molecule has 0 fully saturated rings. The smallest absolute Gasteiger partial charge is 0.267 e. The molecule has 2 aromatic carbocycles. The van der Waals surface area contributed by atoms with Gasteiger partial charge in [-0.1, -0.05) is 23.7 Å². The van der Waals surface area contributed by atoms with Gasteiger partial charge in [-0.2, -0.15) is 9.78 Å². The SMILES string of the molecule is Cc1nc2cc(Cl)ccc2c(=O)n1/N=C\c1cnc2ccccc2n1. The van der Waals surface area contributed by atoms with Crippen LogP contribution >= 0.6 is 11.6 Å². The molecule has 0 aliphatic rings. The Morgan fingerprint density at radius 2 is 1.88 bits per heavy atom. The van der Waals surface area contributed by atoms with Gasteiger partial charge >= 0.3 is 0 Å². The molecule has 4 rings (SSSR count). The van der Waals surface area contributed by atoms with Gasteiger partial charge in [-0.05, 0) is 37.3 Å². The summed E-state index contributed by atoms with van der Waals surface area (Å²) in [6.07, 6.45) is 3.11. The molecule has 4 aromatic rings. The molecule has 0 saturated carbocycles. The fraction of sp³-hybridized carbons (Fsp3) is 0.0556. The molecule has 0 unspecified atom stereocenters.